The van der Waals surface area contributed by atoms with Gasteiger partial charge in [-0.2, -0.15) is 5.10 Å². The molecule has 35 heavy (non-hydrogen) atoms. The molecule has 7 nitrogen and oxygen atoms in total. The number of carbonyl (C=O) groups is 2. The summed E-state index contributed by atoms with van der Waals surface area (Å²) in [6, 6.07) is 21.3. The highest BCUT2D eigenvalue weighted by atomic mass is 32.1. The SMILES string of the molecule is CC(=O)Nc1ccc(-c2csc(NC(=O)c3cn(Cc4ccccc4)nc3-c3cccs3)n2)cc1. The first kappa shape index (κ1) is 22.7. The molecule has 9 heteroatoms. The van der Waals surface area contributed by atoms with Gasteiger partial charge >= 0.3 is 0 Å². The molecule has 0 saturated carbocycles. The molecule has 0 saturated heterocycles. The number of benzene rings is 2. The summed E-state index contributed by atoms with van der Waals surface area (Å²) < 4.78 is 1.79. The molecule has 0 aliphatic rings. The number of carbonyl (C=O) groups excluding carboxylic acids is 2. The van der Waals surface area contributed by atoms with E-state index >= 15 is 0 Å². The van der Waals surface area contributed by atoms with Crippen molar-refractivity contribution in [1.29, 1.82) is 0 Å². The number of hydrogen-bond acceptors (Lipinski definition) is 6. The van der Waals surface area contributed by atoms with Crippen molar-refractivity contribution in [2.24, 2.45) is 0 Å². The van der Waals surface area contributed by atoms with E-state index in [1.54, 1.807) is 22.2 Å². The van der Waals surface area contributed by atoms with Crippen LogP contribution < -0.4 is 10.6 Å². The van der Waals surface area contributed by atoms with Crippen LogP contribution in [0.1, 0.15) is 22.8 Å². The number of amides is 2. The fourth-order valence-electron chi connectivity index (χ4n) is 3.59. The van der Waals surface area contributed by atoms with Crippen molar-refractivity contribution >= 4 is 45.3 Å². The van der Waals surface area contributed by atoms with E-state index in [0.717, 1.165) is 27.4 Å². The van der Waals surface area contributed by atoms with Gasteiger partial charge in [-0.05, 0) is 29.1 Å². The van der Waals surface area contributed by atoms with Crippen LogP contribution in [0.4, 0.5) is 10.8 Å². The van der Waals surface area contributed by atoms with E-state index in [1.165, 1.54) is 18.3 Å². The summed E-state index contributed by atoms with van der Waals surface area (Å²) in [4.78, 5) is 30.0. The molecule has 0 unspecified atom stereocenters. The number of aromatic nitrogens is 3. The van der Waals surface area contributed by atoms with Crippen LogP contribution in [-0.4, -0.2) is 26.6 Å². The Morgan fingerprint density at radius 1 is 0.943 bits per heavy atom. The first-order valence-corrected chi connectivity index (χ1v) is 12.6. The standard InChI is InChI=1S/C26H21N5O2S2/c1-17(32)27-20-11-9-19(10-12-20)22-16-35-26(28-22)29-25(33)21-15-31(14-18-6-3-2-4-7-18)30-24(21)23-8-5-13-34-23/h2-13,15-16H,14H2,1H3,(H,27,32)(H,28,29,33). The van der Waals surface area contributed by atoms with Crippen molar-refractivity contribution in [3.63, 3.8) is 0 Å². The molecule has 174 valence electrons. The number of anilines is 2. The molecule has 0 aliphatic carbocycles. The van der Waals surface area contributed by atoms with Crippen molar-refractivity contribution in [2.45, 2.75) is 13.5 Å². The maximum Gasteiger partial charge on any atom is 0.261 e. The predicted molar refractivity (Wildman–Crippen MR) is 141 cm³/mol. The van der Waals surface area contributed by atoms with E-state index in [4.69, 9.17) is 5.10 Å². The van der Waals surface area contributed by atoms with Crippen molar-refractivity contribution in [3.05, 3.63) is 94.8 Å². The van der Waals surface area contributed by atoms with Crippen LogP contribution in [0.25, 0.3) is 21.8 Å². The molecule has 2 amide bonds. The second-order valence-corrected chi connectivity index (χ2v) is 9.61. The number of thiophene rings is 1. The lowest BCUT2D eigenvalue weighted by molar-refractivity contribution is -0.114. The number of thiazole rings is 1. The fraction of sp³-hybridized carbons (Fsp3) is 0.0769. The van der Waals surface area contributed by atoms with Gasteiger partial charge < -0.3 is 5.32 Å². The van der Waals surface area contributed by atoms with Gasteiger partial charge in [0.1, 0.15) is 5.69 Å². The van der Waals surface area contributed by atoms with Crippen LogP contribution in [0.2, 0.25) is 0 Å². The Labute approximate surface area is 210 Å². The Hall–Kier alpha value is -4.08. The van der Waals surface area contributed by atoms with Crippen molar-refractivity contribution < 1.29 is 9.59 Å². The molecule has 3 aromatic heterocycles. The molecule has 5 rings (SSSR count). The zero-order valence-electron chi connectivity index (χ0n) is 18.8. The summed E-state index contributed by atoms with van der Waals surface area (Å²) >= 11 is 2.90. The quantitative estimate of drug-likeness (QED) is 0.288. The minimum Gasteiger partial charge on any atom is -0.326 e. The maximum absolute atomic E-state index is 13.3. The number of hydrogen-bond donors (Lipinski definition) is 2. The Morgan fingerprint density at radius 3 is 2.46 bits per heavy atom. The molecular formula is C26H21N5O2S2. The Balaban J connectivity index is 1.36. The van der Waals surface area contributed by atoms with E-state index in [2.05, 4.69) is 15.6 Å². The van der Waals surface area contributed by atoms with Gasteiger partial charge in [0.2, 0.25) is 5.91 Å². The average Bonchev–Trinajstić information content (AvgIpc) is 3.61. The zero-order chi connectivity index (χ0) is 24.2. The van der Waals surface area contributed by atoms with Gasteiger partial charge in [-0.1, -0.05) is 48.5 Å². The topological polar surface area (TPSA) is 88.9 Å². The highest BCUT2D eigenvalue weighted by Crippen LogP contribution is 2.29. The Morgan fingerprint density at radius 2 is 1.74 bits per heavy atom. The van der Waals surface area contributed by atoms with Gasteiger partial charge in [0.05, 0.1) is 22.7 Å². The monoisotopic (exact) mass is 499 g/mol. The first-order valence-electron chi connectivity index (χ1n) is 10.9. The number of rotatable bonds is 7. The van der Waals surface area contributed by atoms with E-state index in [-0.39, 0.29) is 11.8 Å². The summed E-state index contributed by atoms with van der Waals surface area (Å²) in [6.45, 7) is 2.04. The van der Waals surface area contributed by atoms with Crippen LogP contribution >= 0.6 is 22.7 Å². The molecule has 0 radical (unpaired) electrons. The van der Waals surface area contributed by atoms with Gasteiger partial charge in [-0.15, -0.1) is 22.7 Å². The summed E-state index contributed by atoms with van der Waals surface area (Å²) in [5.74, 6) is -0.375. The Kier molecular flexibility index (Phi) is 6.51. The predicted octanol–water partition coefficient (Wildman–Crippen LogP) is 5.99. The molecular weight excluding hydrogens is 478 g/mol. The van der Waals surface area contributed by atoms with Crippen LogP contribution in [0, 0.1) is 0 Å². The van der Waals surface area contributed by atoms with E-state index < -0.39 is 0 Å². The largest absolute Gasteiger partial charge is 0.326 e. The van der Waals surface area contributed by atoms with E-state index in [0.29, 0.717) is 22.9 Å². The Bertz CT molecular complexity index is 1460. The average molecular weight is 500 g/mol. The highest BCUT2D eigenvalue weighted by molar-refractivity contribution is 7.14. The van der Waals surface area contributed by atoms with Crippen molar-refractivity contribution in [1.82, 2.24) is 14.8 Å². The zero-order valence-corrected chi connectivity index (χ0v) is 20.4. The van der Waals surface area contributed by atoms with Gasteiger partial charge in [-0.3, -0.25) is 19.6 Å². The minimum absolute atomic E-state index is 0.120. The lowest BCUT2D eigenvalue weighted by Crippen LogP contribution is -2.12. The number of nitrogens with zero attached hydrogens (tertiary/aromatic N) is 3. The van der Waals surface area contributed by atoms with Crippen LogP contribution in [0.15, 0.2) is 83.7 Å². The molecule has 2 N–H and O–H groups in total. The molecule has 2 aromatic carbocycles. The van der Waals surface area contributed by atoms with Crippen molar-refractivity contribution in [2.75, 3.05) is 10.6 Å². The molecule has 0 atom stereocenters. The molecule has 3 heterocycles. The minimum atomic E-state index is -0.255. The van der Waals surface area contributed by atoms with Crippen LogP contribution in [0.5, 0.6) is 0 Å². The highest BCUT2D eigenvalue weighted by Gasteiger charge is 2.20. The van der Waals surface area contributed by atoms with Gasteiger partial charge in [0.25, 0.3) is 5.91 Å². The molecule has 0 fully saturated rings. The van der Waals surface area contributed by atoms with Crippen LogP contribution in [-0.2, 0) is 11.3 Å². The summed E-state index contributed by atoms with van der Waals surface area (Å²) in [6.07, 6.45) is 1.78. The summed E-state index contributed by atoms with van der Waals surface area (Å²) in [7, 11) is 0. The second-order valence-electron chi connectivity index (χ2n) is 7.80. The lowest BCUT2D eigenvalue weighted by atomic mass is 10.1. The number of nitrogens with one attached hydrogen (secondary N) is 2. The van der Waals surface area contributed by atoms with Crippen molar-refractivity contribution in [3.8, 4) is 21.8 Å². The smallest absolute Gasteiger partial charge is 0.261 e. The first-order chi connectivity index (χ1) is 17.0. The third-order valence-corrected chi connectivity index (χ3v) is 6.81. The fourth-order valence-corrected chi connectivity index (χ4v) is 5.03. The molecule has 0 aliphatic heterocycles. The maximum atomic E-state index is 13.3. The summed E-state index contributed by atoms with van der Waals surface area (Å²) in [5, 5.41) is 14.7. The van der Waals surface area contributed by atoms with E-state index in [1.807, 2.05) is 77.5 Å². The molecule has 0 spiro atoms. The molecule has 5 aromatic rings. The molecule has 0 bridgehead atoms. The lowest BCUT2D eigenvalue weighted by Gasteiger charge is -2.03. The second kappa shape index (κ2) is 10.0. The van der Waals surface area contributed by atoms with E-state index in [9.17, 15) is 9.59 Å². The third-order valence-electron chi connectivity index (χ3n) is 5.17. The summed E-state index contributed by atoms with van der Waals surface area (Å²) in [5.41, 5.74) is 4.62. The normalized spacial score (nSPS) is 10.8. The third kappa shape index (κ3) is 5.37. The van der Waals surface area contributed by atoms with Crippen LogP contribution in [0.3, 0.4) is 0 Å². The van der Waals surface area contributed by atoms with Gasteiger partial charge in [-0.25, -0.2) is 4.98 Å². The van der Waals surface area contributed by atoms with Gasteiger partial charge in [0, 0.05) is 29.8 Å². The van der Waals surface area contributed by atoms with Gasteiger partial charge in [0.15, 0.2) is 5.13 Å².